The SMILES string of the molecule is COc1ccc(CC(=O)N=C2S[C@H]3CS(=O)(=O)C[C@H]3N2Cc2ccc(F)cc2)cc1. The molecule has 2 aliphatic heterocycles. The van der Waals surface area contributed by atoms with Gasteiger partial charge in [-0.2, -0.15) is 4.99 Å². The average Bonchev–Trinajstić information content (AvgIpc) is 3.16. The normalized spacial score (nSPS) is 23.5. The average molecular weight is 449 g/mol. The second kappa shape index (κ2) is 8.39. The van der Waals surface area contributed by atoms with Crippen LogP contribution < -0.4 is 4.74 Å². The number of amides is 1. The number of carbonyl (C=O) groups is 1. The lowest BCUT2D eigenvalue weighted by atomic mass is 10.1. The van der Waals surface area contributed by atoms with Crippen molar-refractivity contribution in [3.63, 3.8) is 0 Å². The predicted octanol–water partition coefficient (Wildman–Crippen LogP) is 2.67. The first-order valence-corrected chi connectivity index (χ1v) is 12.2. The highest BCUT2D eigenvalue weighted by molar-refractivity contribution is 8.15. The van der Waals surface area contributed by atoms with Crippen LogP contribution in [0.5, 0.6) is 5.75 Å². The Labute approximate surface area is 179 Å². The number of halogens is 1. The second-order valence-corrected chi connectivity index (χ2v) is 10.7. The summed E-state index contributed by atoms with van der Waals surface area (Å²) in [7, 11) is -1.54. The smallest absolute Gasteiger partial charge is 0.252 e. The molecule has 2 aliphatic rings. The fraction of sp³-hybridized carbons (Fsp3) is 0.333. The summed E-state index contributed by atoms with van der Waals surface area (Å²) in [5, 5.41) is 0.380. The number of hydrogen-bond acceptors (Lipinski definition) is 5. The zero-order chi connectivity index (χ0) is 21.3. The number of methoxy groups -OCH3 is 1. The van der Waals surface area contributed by atoms with Crippen molar-refractivity contribution < 1.29 is 22.3 Å². The molecular weight excluding hydrogens is 427 g/mol. The van der Waals surface area contributed by atoms with E-state index in [9.17, 15) is 17.6 Å². The van der Waals surface area contributed by atoms with Gasteiger partial charge in [-0.15, -0.1) is 0 Å². The molecule has 158 valence electrons. The largest absolute Gasteiger partial charge is 0.497 e. The van der Waals surface area contributed by atoms with Gasteiger partial charge in [0.15, 0.2) is 15.0 Å². The maximum atomic E-state index is 13.2. The molecule has 0 spiro atoms. The molecule has 2 aromatic rings. The molecule has 2 atom stereocenters. The summed E-state index contributed by atoms with van der Waals surface area (Å²) < 4.78 is 42.6. The Balaban J connectivity index is 1.54. The van der Waals surface area contributed by atoms with Crippen LogP contribution in [-0.2, 0) is 27.6 Å². The van der Waals surface area contributed by atoms with E-state index >= 15 is 0 Å². The highest BCUT2D eigenvalue weighted by atomic mass is 32.2. The van der Waals surface area contributed by atoms with Crippen molar-refractivity contribution in [3.8, 4) is 5.75 Å². The number of aliphatic imine (C=N–C) groups is 1. The predicted molar refractivity (Wildman–Crippen MR) is 115 cm³/mol. The van der Waals surface area contributed by atoms with Crippen LogP contribution in [0.1, 0.15) is 11.1 Å². The molecule has 30 heavy (non-hydrogen) atoms. The molecule has 2 fully saturated rings. The van der Waals surface area contributed by atoms with Crippen LogP contribution in [0.4, 0.5) is 4.39 Å². The molecule has 0 bridgehead atoms. The van der Waals surface area contributed by atoms with Gasteiger partial charge in [0.05, 0.1) is 31.1 Å². The van der Waals surface area contributed by atoms with E-state index in [0.717, 1.165) is 11.1 Å². The molecule has 2 aromatic carbocycles. The van der Waals surface area contributed by atoms with E-state index < -0.39 is 9.84 Å². The number of thioether (sulfide) groups is 1. The number of fused-ring (bicyclic) bond motifs is 1. The van der Waals surface area contributed by atoms with E-state index in [2.05, 4.69) is 4.99 Å². The second-order valence-electron chi connectivity index (χ2n) is 7.37. The Bertz CT molecular complexity index is 1070. The number of amidine groups is 1. The minimum Gasteiger partial charge on any atom is -0.497 e. The molecule has 0 saturated carbocycles. The summed E-state index contributed by atoms with van der Waals surface area (Å²) in [6, 6.07) is 13.0. The number of nitrogens with zero attached hydrogens (tertiary/aromatic N) is 2. The molecule has 0 aromatic heterocycles. The summed E-state index contributed by atoms with van der Waals surface area (Å²) in [5.41, 5.74) is 1.65. The number of sulfone groups is 1. The maximum Gasteiger partial charge on any atom is 0.252 e. The van der Waals surface area contributed by atoms with E-state index in [0.29, 0.717) is 17.5 Å². The molecule has 9 heteroatoms. The van der Waals surface area contributed by atoms with Crippen molar-refractivity contribution in [2.24, 2.45) is 4.99 Å². The van der Waals surface area contributed by atoms with E-state index in [-0.39, 0.29) is 40.9 Å². The topological polar surface area (TPSA) is 76.0 Å². The Morgan fingerprint density at radius 2 is 1.80 bits per heavy atom. The number of benzene rings is 2. The Kier molecular flexibility index (Phi) is 5.84. The molecule has 0 N–H and O–H groups in total. The first-order chi connectivity index (χ1) is 14.3. The molecule has 4 rings (SSSR count). The lowest BCUT2D eigenvalue weighted by Gasteiger charge is -2.24. The summed E-state index contributed by atoms with van der Waals surface area (Å²) in [4.78, 5) is 18.8. The quantitative estimate of drug-likeness (QED) is 0.700. The summed E-state index contributed by atoms with van der Waals surface area (Å²) in [6.07, 6.45) is 0.145. The third kappa shape index (κ3) is 4.67. The lowest BCUT2D eigenvalue weighted by molar-refractivity contribution is -0.117. The minimum atomic E-state index is -3.12. The molecule has 6 nitrogen and oxygen atoms in total. The molecular formula is C21H21FN2O4S2. The van der Waals surface area contributed by atoms with Crippen LogP contribution in [0, 0.1) is 5.82 Å². The van der Waals surface area contributed by atoms with Crippen LogP contribution >= 0.6 is 11.8 Å². The van der Waals surface area contributed by atoms with Gasteiger partial charge in [-0.25, -0.2) is 12.8 Å². The van der Waals surface area contributed by atoms with Crippen molar-refractivity contribution in [2.75, 3.05) is 18.6 Å². The first kappa shape index (κ1) is 20.9. The highest BCUT2D eigenvalue weighted by Crippen LogP contribution is 2.39. The van der Waals surface area contributed by atoms with Crippen LogP contribution in [-0.4, -0.2) is 54.3 Å². The fourth-order valence-electron chi connectivity index (χ4n) is 3.67. The van der Waals surface area contributed by atoms with Gasteiger partial charge in [0.2, 0.25) is 0 Å². The molecule has 0 radical (unpaired) electrons. The molecule has 0 unspecified atom stereocenters. The van der Waals surface area contributed by atoms with Crippen molar-refractivity contribution in [3.05, 3.63) is 65.5 Å². The zero-order valence-corrected chi connectivity index (χ0v) is 18.0. The minimum absolute atomic E-state index is 0.0392. The van der Waals surface area contributed by atoms with Gasteiger partial charge in [0.25, 0.3) is 5.91 Å². The number of carbonyl (C=O) groups excluding carboxylic acids is 1. The van der Waals surface area contributed by atoms with Gasteiger partial charge in [-0.3, -0.25) is 4.79 Å². The van der Waals surface area contributed by atoms with Crippen LogP contribution in [0.3, 0.4) is 0 Å². The first-order valence-electron chi connectivity index (χ1n) is 9.45. The standard InChI is InChI=1S/C21H21FN2O4S2/c1-28-17-8-4-14(5-9-17)10-20(25)23-21-24(11-15-2-6-16(22)7-3-15)18-12-30(26,27)13-19(18)29-21/h2-9,18-19H,10-13H2,1H3/t18-,19+/m1/s1. The van der Waals surface area contributed by atoms with Crippen molar-refractivity contribution in [2.45, 2.75) is 24.3 Å². The monoisotopic (exact) mass is 448 g/mol. The van der Waals surface area contributed by atoms with Crippen LogP contribution in [0.25, 0.3) is 0 Å². The van der Waals surface area contributed by atoms with Crippen molar-refractivity contribution >= 4 is 32.7 Å². The number of rotatable bonds is 5. The van der Waals surface area contributed by atoms with Gasteiger partial charge in [-0.1, -0.05) is 36.0 Å². The molecule has 2 heterocycles. The number of hydrogen-bond donors (Lipinski definition) is 0. The zero-order valence-electron chi connectivity index (χ0n) is 16.3. The highest BCUT2D eigenvalue weighted by Gasteiger charge is 2.48. The Hall–Kier alpha value is -2.39. The van der Waals surface area contributed by atoms with E-state index in [4.69, 9.17) is 4.74 Å². The van der Waals surface area contributed by atoms with Gasteiger partial charge in [0.1, 0.15) is 11.6 Å². The molecule has 1 amide bonds. The third-order valence-electron chi connectivity index (χ3n) is 5.18. The van der Waals surface area contributed by atoms with E-state index in [1.165, 1.54) is 23.9 Å². The van der Waals surface area contributed by atoms with Gasteiger partial charge in [0, 0.05) is 11.8 Å². The molecule has 0 aliphatic carbocycles. The molecule has 2 saturated heterocycles. The summed E-state index contributed by atoms with van der Waals surface area (Å²) in [6.45, 7) is 0.374. The fourth-order valence-corrected chi connectivity index (χ4v) is 7.64. The van der Waals surface area contributed by atoms with Gasteiger partial charge in [-0.05, 0) is 35.4 Å². The van der Waals surface area contributed by atoms with E-state index in [1.807, 2.05) is 17.0 Å². The van der Waals surface area contributed by atoms with Crippen LogP contribution in [0.15, 0.2) is 53.5 Å². The maximum absolute atomic E-state index is 13.2. The third-order valence-corrected chi connectivity index (χ3v) is 8.42. The lowest BCUT2D eigenvalue weighted by Crippen LogP contribution is -2.37. The Morgan fingerprint density at radius 1 is 1.13 bits per heavy atom. The van der Waals surface area contributed by atoms with E-state index in [1.54, 1.807) is 31.4 Å². The van der Waals surface area contributed by atoms with Gasteiger partial charge >= 0.3 is 0 Å². The number of ether oxygens (including phenoxy) is 1. The van der Waals surface area contributed by atoms with Crippen molar-refractivity contribution in [1.82, 2.24) is 4.90 Å². The summed E-state index contributed by atoms with van der Waals surface area (Å²) in [5.74, 6) is 0.197. The Morgan fingerprint density at radius 3 is 2.47 bits per heavy atom. The summed E-state index contributed by atoms with van der Waals surface area (Å²) >= 11 is 1.34. The van der Waals surface area contributed by atoms with Crippen molar-refractivity contribution in [1.29, 1.82) is 0 Å². The van der Waals surface area contributed by atoms with Crippen LogP contribution in [0.2, 0.25) is 0 Å². The van der Waals surface area contributed by atoms with Gasteiger partial charge < -0.3 is 9.64 Å².